The van der Waals surface area contributed by atoms with Crippen molar-refractivity contribution in [3.05, 3.63) is 59.4 Å². The first kappa shape index (κ1) is 23.2. The number of rotatable bonds is 8. The number of hydrogen-bond acceptors (Lipinski definition) is 4. The third-order valence-corrected chi connectivity index (χ3v) is 8.42. The van der Waals surface area contributed by atoms with E-state index in [0.29, 0.717) is 18.5 Å². The fourth-order valence-corrected chi connectivity index (χ4v) is 6.35. The zero-order valence-corrected chi connectivity index (χ0v) is 20.9. The highest BCUT2D eigenvalue weighted by Crippen LogP contribution is 2.32. The highest BCUT2D eigenvalue weighted by Gasteiger charge is 2.32. The zero-order valence-electron chi connectivity index (χ0n) is 20.1. The van der Waals surface area contributed by atoms with Crippen LogP contribution in [0.3, 0.4) is 0 Å². The van der Waals surface area contributed by atoms with E-state index in [1.54, 1.807) is 18.4 Å². The number of hydrogen-bond donors (Lipinski definition) is 0. The minimum atomic E-state index is 0.232. The summed E-state index contributed by atoms with van der Waals surface area (Å²) in [4.78, 5) is 20.7. The molecule has 180 valence electrons. The van der Waals surface area contributed by atoms with Gasteiger partial charge in [-0.2, -0.15) is 0 Å². The van der Waals surface area contributed by atoms with Gasteiger partial charge in [0, 0.05) is 34.8 Å². The summed E-state index contributed by atoms with van der Waals surface area (Å²) in [5.74, 6) is 1.48. The molecule has 0 spiro atoms. The van der Waals surface area contributed by atoms with Crippen LogP contribution in [0.15, 0.2) is 48.0 Å². The molecule has 2 aliphatic carbocycles. The third kappa shape index (κ3) is 5.22. The van der Waals surface area contributed by atoms with E-state index in [4.69, 9.17) is 9.72 Å². The second-order valence-electron chi connectivity index (χ2n) is 9.74. The van der Waals surface area contributed by atoms with Gasteiger partial charge in [0.2, 0.25) is 5.91 Å². The lowest BCUT2D eigenvalue weighted by atomic mass is 9.92. The van der Waals surface area contributed by atoms with Crippen LogP contribution in [0.5, 0.6) is 5.75 Å². The molecule has 5 nitrogen and oxygen atoms in total. The molecule has 0 unspecified atom stereocenters. The Hall–Kier alpha value is -2.60. The summed E-state index contributed by atoms with van der Waals surface area (Å²) in [7, 11) is 1.68. The summed E-state index contributed by atoms with van der Waals surface area (Å²) < 4.78 is 7.54. The van der Waals surface area contributed by atoms with E-state index in [1.807, 2.05) is 12.1 Å². The van der Waals surface area contributed by atoms with Crippen molar-refractivity contribution in [2.75, 3.05) is 7.11 Å². The molecule has 6 heteroatoms. The van der Waals surface area contributed by atoms with Crippen LogP contribution < -0.4 is 4.74 Å². The molecule has 5 rings (SSSR count). The van der Waals surface area contributed by atoms with Crippen molar-refractivity contribution in [3.8, 4) is 16.3 Å². The maximum atomic E-state index is 13.5. The number of carbonyl (C=O) groups excluding carboxylic acids is 1. The van der Waals surface area contributed by atoms with Crippen LogP contribution >= 0.6 is 11.3 Å². The smallest absolute Gasteiger partial charge is 0.226 e. The van der Waals surface area contributed by atoms with Crippen LogP contribution in [0.4, 0.5) is 0 Å². The Bertz CT molecular complexity index is 1080. The molecule has 2 aliphatic rings. The Morgan fingerprint density at radius 3 is 2.53 bits per heavy atom. The van der Waals surface area contributed by atoms with E-state index in [2.05, 4.69) is 45.3 Å². The highest BCUT2D eigenvalue weighted by molar-refractivity contribution is 7.13. The molecule has 0 aliphatic heterocycles. The standard InChI is InChI=1S/C28H35N3O2S/c1-33-26-15-13-21(14-16-26)27-29-23(20-34-27)18-30-17-7-12-25(30)19-31(24-10-3-2-4-11-24)28(32)22-8-5-6-9-22/h7,12-17,20,22,24H,2-6,8-11,18-19H2,1H3. The number of ether oxygens (including phenoxy) is 1. The van der Waals surface area contributed by atoms with Crippen LogP contribution in [0.25, 0.3) is 10.6 Å². The van der Waals surface area contributed by atoms with Gasteiger partial charge < -0.3 is 14.2 Å². The summed E-state index contributed by atoms with van der Waals surface area (Å²) in [6.45, 7) is 1.44. The fraction of sp³-hybridized carbons (Fsp3) is 0.500. The lowest BCUT2D eigenvalue weighted by molar-refractivity contribution is -0.139. The van der Waals surface area contributed by atoms with Crippen LogP contribution in [-0.2, 0) is 17.9 Å². The maximum Gasteiger partial charge on any atom is 0.226 e. The van der Waals surface area contributed by atoms with E-state index in [9.17, 15) is 4.79 Å². The molecular formula is C28H35N3O2S. The van der Waals surface area contributed by atoms with Crippen molar-refractivity contribution in [1.29, 1.82) is 0 Å². The van der Waals surface area contributed by atoms with E-state index in [-0.39, 0.29) is 5.92 Å². The van der Waals surface area contributed by atoms with E-state index in [0.717, 1.165) is 54.2 Å². The lowest BCUT2D eigenvalue weighted by Gasteiger charge is -2.36. The van der Waals surface area contributed by atoms with Gasteiger partial charge in [-0.15, -0.1) is 11.3 Å². The second-order valence-corrected chi connectivity index (χ2v) is 10.6. The molecular weight excluding hydrogens is 442 g/mol. The maximum absolute atomic E-state index is 13.5. The number of thiazole rings is 1. The summed E-state index contributed by atoms with van der Waals surface area (Å²) in [5, 5.41) is 3.16. The number of nitrogens with zero attached hydrogens (tertiary/aromatic N) is 3. The Balaban J connectivity index is 1.31. The quantitative estimate of drug-likeness (QED) is 0.371. The van der Waals surface area contributed by atoms with Gasteiger partial charge in [-0.1, -0.05) is 32.1 Å². The third-order valence-electron chi connectivity index (χ3n) is 7.48. The SMILES string of the molecule is COc1ccc(-c2nc(Cn3cccc3CN(C(=O)C3CCCC3)C3CCCCC3)cs2)cc1. The molecule has 0 bridgehead atoms. The van der Waals surface area contributed by atoms with Crippen LogP contribution in [0.1, 0.15) is 69.2 Å². The minimum absolute atomic E-state index is 0.232. The minimum Gasteiger partial charge on any atom is -0.497 e. The highest BCUT2D eigenvalue weighted by atomic mass is 32.1. The van der Waals surface area contributed by atoms with Crippen molar-refractivity contribution in [2.24, 2.45) is 5.92 Å². The first-order valence-electron chi connectivity index (χ1n) is 12.7. The second kappa shape index (κ2) is 10.8. The Kier molecular flexibility index (Phi) is 7.33. The van der Waals surface area contributed by atoms with Crippen molar-refractivity contribution in [1.82, 2.24) is 14.5 Å². The van der Waals surface area contributed by atoms with Gasteiger partial charge in [0.05, 0.1) is 25.9 Å². The molecule has 2 heterocycles. The van der Waals surface area contributed by atoms with Crippen molar-refractivity contribution < 1.29 is 9.53 Å². The molecule has 1 amide bonds. The summed E-state index contributed by atoms with van der Waals surface area (Å²) >= 11 is 1.67. The summed E-state index contributed by atoms with van der Waals surface area (Å²) in [5.41, 5.74) is 3.37. The van der Waals surface area contributed by atoms with Gasteiger partial charge in [-0.3, -0.25) is 4.79 Å². The molecule has 0 radical (unpaired) electrons. The van der Waals surface area contributed by atoms with Crippen molar-refractivity contribution in [2.45, 2.75) is 76.9 Å². The number of amides is 1. The number of aromatic nitrogens is 2. The molecule has 2 aromatic heterocycles. The average molecular weight is 478 g/mol. The summed E-state index contributed by atoms with van der Waals surface area (Å²) in [6.07, 6.45) is 12.7. The number of benzene rings is 1. The Labute approximate surface area is 206 Å². The van der Waals surface area contributed by atoms with Crippen molar-refractivity contribution >= 4 is 17.2 Å². The number of carbonyl (C=O) groups is 1. The van der Waals surface area contributed by atoms with Gasteiger partial charge in [-0.05, 0) is 62.1 Å². The van der Waals surface area contributed by atoms with Crippen molar-refractivity contribution in [3.63, 3.8) is 0 Å². The largest absolute Gasteiger partial charge is 0.497 e. The molecule has 0 saturated heterocycles. The molecule has 0 atom stereocenters. The first-order valence-corrected chi connectivity index (χ1v) is 13.6. The fourth-order valence-electron chi connectivity index (χ4n) is 5.53. The topological polar surface area (TPSA) is 47.4 Å². The predicted molar refractivity (Wildman–Crippen MR) is 137 cm³/mol. The molecule has 2 fully saturated rings. The monoisotopic (exact) mass is 477 g/mol. The van der Waals surface area contributed by atoms with Gasteiger partial charge in [0.15, 0.2) is 0 Å². The van der Waals surface area contributed by atoms with Gasteiger partial charge in [-0.25, -0.2) is 4.98 Å². The zero-order chi connectivity index (χ0) is 23.3. The molecule has 2 saturated carbocycles. The Morgan fingerprint density at radius 1 is 1.06 bits per heavy atom. The van der Waals surface area contributed by atoms with Gasteiger partial charge in [0.1, 0.15) is 10.8 Å². The average Bonchev–Trinajstić information content (AvgIpc) is 3.66. The van der Waals surface area contributed by atoms with Gasteiger partial charge >= 0.3 is 0 Å². The lowest BCUT2D eigenvalue weighted by Crippen LogP contribution is -2.44. The predicted octanol–water partition coefficient (Wildman–Crippen LogP) is 6.52. The normalized spacial score (nSPS) is 17.2. The molecule has 34 heavy (non-hydrogen) atoms. The molecule has 0 N–H and O–H groups in total. The Morgan fingerprint density at radius 2 is 1.79 bits per heavy atom. The molecule has 3 aromatic rings. The van der Waals surface area contributed by atoms with Gasteiger partial charge in [0.25, 0.3) is 0 Å². The van der Waals surface area contributed by atoms with Crippen LogP contribution in [0.2, 0.25) is 0 Å². The van der Waals surface area contributed by atoms with Crippen LogP contribution in [-0.4, -0.2) is 33.5 Å². The summed E-state index contributed by atoms with van der Waals surface area (Å²) in [6, 6.07) is 12.7. The van der Waals surface area contributed by atoms with E-state index < -0.39 is 0 Å². The van der Waals surface area contributed by atoms with E-state index in [1.165, 1.54) is 37.8 Å². The number of methoxy groups -OCH3 is 1. The van der Waals surface area contributed by atoms with E-state index >= 15 is 0 Å². The first-order chi connectivity index (χ1) is 16.7. The van der Waals surface area contributed by atoms with Crippen LogP contribution in [0, 0.1) is 5.92 Å². The molecule has 1 aromatic carbocycles.